The van der Waals surface area contributed by atoms with Gasteiger partial charge in [0.1, 0.15) is 5.82 Å². The molecule has 0 radical (unpaired) electrons. The molecule has 2 rings (SSSR count). The highest BCUT2D eigenvalue weighted by atomic mass is 35.5. The van der Waals surface area contributed by atoms with E-state index in [1.165, 1.54) is 0 Å². The van der Waals surface area contributed by atoms with Crippen molar-refractivity contribution in [1.29, 1.82) is 0 Å². The van der Waals surface area contributed by atoms with Crippen molar-refractivity contribution < 1.29 is 0 Å². The van der Waals surface area contributed by atoms with Crippen molar-refractivity contribution >= 4 is 23.2 Å². The Morgan fingerprint density at radius 1 is 1.25 bits per heavy atom. The Morgan fingerprint density at radius 3 is 2.50 bits per heavy atom. The van der Waals surface area contributed by atoms with Crippen LogP contribution in [-0.4, -0.2) is 15.2 Å². The maximum Gasteiger partial charge on any atom is 0.164 e. The fourth-order valence-electron chi connectivity index (χ4n) is 1.37. The molecule has 16 heavy (non-hydrogen) atoms. The normalized spacial score (nSPS) is 10.7. The molecule has 0 aliphatic rings. The second-order valence-electron chi connectivity index (χ2n) is 3.28. The Balaban J connectivity index is 2.26. The zero-order chi connectivity index (χ0) is 11.5. The van der Waals surface area contributed by atoms with Gasteiger partial charge in [-0.2, -0.15) is 5.10 Å². The van der Waals surface area contributed by atoms with Crippen LogP contribution in [0.1, 0.15) is 17.2 Å². The third-order valence-electron chi connectivity index (χ3n) is 2.17. The van der Waals surface area contributed by atoms with Crippen molar-refractivity contribution in [1.82, 2.24) is 15.2 Å². The number of nitrogens with one attached hydrogen (secondary N) is 1. The first-order chi connectivity index (χ1) is 7.70. The summed E-state index contributed by atoms with van der Waals surface area (Å²) in [6.07, 6.45) is 0.519. The molecule has 0 spiro atoms. The molecule has 0 fully saturated rings. The third kappa shape index (κ3) is 2.35. The zero-order valence-electron chi connectivity index (χ0n) is 8.37. The first kappa shape index (κ1) is 11.4. The second-order valence-corrected chi connectivity index (χ2v) is 4.09. The number of H-pyrrole nitrogens is 1. The molecule has 84 valence electrons. The minimum Gasteiger partial charge on any atom is -0.324 e. The molecule has 0 atom stereocenters. The minimum absolute atomic E-state index is 0.312. The van der Waals surface area contributed by atoms with Crippen molar-refractivity contribution in [2.45, 2.75) is 13.0 Å². The van der Waals surface area contributed by atoms with Crippen molar-refractivity contribution in [2.24, 2.45) is 5.73 Å². The van der Waals surface area contributed by atoms with Gasteiger partial charge in [0, 0.05) is 16.5 Å². The molecule has 0 bridgehead atoms. The van der Waals surface area contributed by atoms with E-state index in [4.69, 9.17) is 28.9 Å². The maximum absolute atomic E-state index is 6.05. The highest BCUT2D eigenvalue weighted by Crippen LogP contribution is 2.25. The van der Waals surface area contributed by atoms with Gasteiger partial charge in [-0.15, -0.1) is 0 Å². The third-order valence-corrected chi connectivity index (χ3v) is 2.87. The van der Waals surface area contributed by atoms with Crippen molar-refractivity contribution in [3.63, 3.8) is 0 Å². The van der Waals surface area contributed by atoms with Gasteiger partial charge in [-0.05, 0) is 17.7 Å². The lowest BCUT2D eigenvalue weighted by Crippen LogP contribution is -1.98. The summed E-state index contributed by atoms with van der Waals surface area (Å²) in [6, 6.07) is 5.39. The quantitative estimate of drug-likeness (QED) is 0.885. The predicted octanol–water partition coefficient (Wildman–Crippen LogP) is 2.16. The number of aromatic amines is 1. The molecule has 0 amide bonds. The first-order valence-electron chi connectivity index (χ1n) is 4.74. The fourth-order valence-corrected chi connectivity index (χ4v) is 1.90. The topological polar surface area (TPSA) is 67.6 Å². The van der Waals surface area contributed by atoms with Gasteiger partial charge in [0.15, 0.2) is 5.82 Å². The van der Waals surface area contributed by atoms with E-state index in [1.807, 2.05) is 0 Å². The summed E-state index contributed by atoms with van der Waals surface area (Å²) in [5.74, 6) is 1.29. The summed E-state index contributed by atoms with van der Waals surface area (Å²) in [7, 11) is 0. The van der Waals surface area contributed by atoms with Gasteiger partial charge in [-0.3, -0.25) is 5.10 Å². The molecule has 3 N–H and O–H groups in total. The van der Waals surface area contributed by atoms with E-state index in [-0.39, 0.29) is 0 Å². The SMILES string of the molecule is NCc1n[nH]c(Cc2c(Cl)cccc2Cl)n1. The van der Waals surface area contributed by atoms with E-state index in [2.05, 4.69) is 15.2 Å². The molecule has 2 aromatic rings. The monoisotopic (exact) mass is 256 g/mol. The summed E-state index contributed by atoms with van der Waals surface area (Å²) >= 11 is 12.1. The molecule has 1 aromatic heterocycles. The molecule has 0 saturated heterocycles. The molecule has 1 aromatic carbocycles. The standard InChI is InChI=1S/C10H10Cl2N4/c11-7-2-1-3-8(12)6(7)4-9-14-10(5-13)16-15-9/h1-3H,4-5,13H2,(H,14,15,16). The van der Waals surface area contributed by atoms with Crippen LogP contribution >= 0.6 is 23.2 Å². The van der Waals surface area contributed by atoms with Gasteiger partial charge in [0.05, 0.1) is 6.54 Å². The number of hydrogen-bond acceptors (Lipinski definition) is 3. The summed E-state index contributed by atoms with van der Waals surface area (Å²) < 4.78 is 0. The van der Waals surface area contributed by atoms with E-state index in [0.29, 0.717) is 34.7 Å². The Hall–Kier alpha value is -1.10. The molecule has 1 heterocycles. The summed E-state index contributed by atoms with van der Waals surface area (Å²) in [4.78, 5) is 4.20. The first-order valence-corrected chi connectivity index (χ1v) is 5.49. The van der Waals surface area contributed by atoms with E-state index in [1.54, 1.807) is 18.2 Å². The van der Waals surface area contributed by atoms with Gasteiger partial charge < -0.3 is 5.73 Å². The van der Waals surface area contributed by atoms with Gasteiger partial charge >= 0.3 is 0 Å². The predicted molar refractivity (Wildman–Crippen MR) is 63.5 cm³/mol. The molecule has 6 heteroatoms. The van der Waals surface area contributed by atoms with Crippen LogP contribution in [0.3, 0.4) is 0 Å². The van der Waals surface area contributed by atoms with Crippen LogP contribution in [0.5, 0.6) is 0 Å². The molecule has 0 aliphatic carbocycles. The number of nitrogens with two attached hydrogens (primary N) is 1. The molecule has 0 aliphatic heterocycles. The lowest BCUT2D eigenvalue weighted by Gasteiger charge is -2.03. The summed E-state index contributed by atoms with van der Waals surface area (Å²) in [5, 5.41) is 7.99. The lowest BCUT2D eigenvalue weighted by molar-refractivity contribution is 0.916. The van der Waals surface area contributed by atoms with Gasteiger partial charge in [-0.25, -0.2) is 4.98 Å². The maximum atomic E-state index is 6.05. The zero-order valence-corrected chi connectivity index (χ0v) is 9.89. The van der Waals surface area contributed by atoms with Crippen LogP contribution in [0.4, 0.5) is 0 Å². The molecular formula is C10H10Cl2N4. The number of hydrogen-bond donors (Lipinski definition) is 2. The van der Waals surface area contributed by atoms with E-state index in [0.717, 1.165) is 5.56 Å². The van der Waals surface area contributed by atoms with Crippen LogP contribution in [-0.2, 0) is 13.0 Å². The summed E-state index contributed by atoms with van der Waals surface area (Å²) in [6.45, 7) is 0.312. The van der Waals surface area contributed by atoms with E-state index >= 15 is 0 Å². The van der Waals surface area contributed by atoms with Crippen molar-refractivity contribution in [3.8, 4) is 0 Å². The van der Waals surface area contributed by atoms with Crippen LogP contribution in [0.15, 0.2) is 18.2 Å². The largest absolute Gasteiger partial charge is 0.324 e. The number of benzene rings is 1. The van der Waals surface area contributed by atoms with Crippen LogP contribution < -0.4 is 5.73 Å². The number of rotatable bonds is 3. The fraction of sp³-hybridized carbons (Fsp3) is 0.200. The lowest BCUT2D eigenvalue weighted by atomic mass is 10.1. The Morgan fingerprint density at radius 2 is 1.94 bits per heavy atom. The smallest absolute Gasteiger partial charge is 0.164 e. The van der Waals surface area contributed by atoms with Crippen LogP contribution in [0.25, 0.3) is 0 Å². The minimum atomic E-state index is 0.312. The second kappa shape index (κ2) is 4.82. The Bertz CT molecular complexity index is 475. The molecule has 4 nitrogen and oxygen atoms in total. The van der Waals surface area contributed by atoms with E-state index < -0.39 is 0 Å². The number of aromatic nitrogens is 3. The van der Waals surface area contributed by atoms with Gasteiger partial charge in [0.2, 0.25) is 0 Å². The van der Waals surface area contributed by atoms with Crippen molar-refractivity contribution in [2.75, 3.05) is 0 Å². The Kier molecular flexibility index (Phi) is 3.43. The molecular weight excluding hydrogens is 247 g/mol. The molecule has 0 unspecified atom stereocenters. The van der Waals surface area contributed by atoms with E-state index in [9.17, 15) is 0 Å². The average molecular weight is 257 g/mol. The number of halogens is 2. The number of nitrogens with zero attached hydrogens (tertiary/aromatic N) is 2. The molecule has 0 saturated carbocycles. The Labute approximate surface area is 103 Å². The summed E-state index contributed by atoms with van der Waals surface area (Å²) in [5.41, 5.74) is 6.26. The van der Waals surface area contributed by atoms with Gasteiger partial charge in [-0.1, -0.05) is 29.3 Å². The average Bonchev–Trinajstić information content (AvgIpc) is 2.71. The van der Waals surface area contributed by atoms with Gasteiger partial charge in [0.25, 0.3) is 0 Å². The highest BCUT2D eigenvalue weighted by Gasteiger charge is 2.09. The van der Waals surface area contributed by atoms with Crippen LogP contribution in [0.2, 0.25) is 10.0 Å². The van der Waals surface area contributed by atoms with Crippen molar-refractivity contribution in [3.05, 3.63) is 45.5 Å². The van der Waals surface area contributed by atoms with Crippen LogP contribution in [0, 0.1) is 0 Å². The highest BCUT2D eigenvalue weighted by molar-refractivity contribution is 6.36.